The second-order valence-corrected chi connectivity index (χ2v) is 3.70. The third-order valence-electron chi connectivity index (χ3n) is 2.17. The molecule has 0 radical (unpaired) electrons. The quantitative estimate of drug-likeness (QED) is 0.785. The van der Waals surface area contributed by atoms with Crippen molar-refractivity contribution >= 4 is 15.9 Å². The van der Waals surface area contributed by atoms with E-state index in [0.717, 1.165) is 11.4 Å². The van der Waals surface area contributed by atoms with Crippen LogP contribution in [0.1, 0.15) is 5.82 Å². The van der Waals surface area contributed by atoms with Crippen molar-refractivity contribution in [2.75, 3.05) is 0 Å². The van der Waals surface area contributed by atoms with Crippen LogP contribution in [0.15, 0.2) is 24.3 Å². The zero-order chi connectivity index (χ0) is 10.8. The second kappa shape index (κ2) is 4.10. The number of halogens is 2. The summed E-state index contributed by atoms with van der Waals surface area (Å²) in [6.45, 7) is 0. The van der Waals surface area contributed by atoms with Gasteiger partial charge in [-0.3, -0.25) is 0 Å². The largest absolute Gasteiger partial charge is 0.313 e. The third kappa shape index (κ3) is 1.92. The zero-order valence-electron chi connectivity index (χ0n) is 8.11. The summed E-state index contributed by atoms with van der Waals surface area (Å²) in [5, 5.41) is 8.63. The average Bonchev–Trinajstić information content (AvgIpc) is 2.59. The Morgan fingerprint density at radius 1 is 1.40 bits per heavy atom. The Labute approximate surface area is 95.1 Å². The van der Waals surface area contributed by atoms with Gasteiger partial charge in [0.2, 0.25) is 0 Å². The van der Waals surface area contributed by atoms with Crippen molar-refractivity contribution in [3.05, 3.63) is 35.9 Å². The van der Waals surface area contributed by atoms with E-state index in [1.807, 2.05) is 17.7 Å². The molecule has 0 amide bonds. The van der Waals surface area contributed by atoms with Crippen molar-refractivity contribution in [3.8, 4) is 11.4 Å². The molecule has 15 heavy (non-hydrogen) atoms. The van der Waals surface area contributed by atoms with Gasteiger partial charge in [0, 0.05) is 12.6 Å². The Balaban J connectivity index is 2.49. The number of hydrogen-bond donors (Lipinski definition) is 0. The molecule has 0 aliphatic heterocycles. The van der Waals surface area contributed by atoms with E-state index in [9.17, 15) is 4.39 Å². The number of aromatic nitrogens is 3. The van der Waals surface area contributed by atoms with E-state index < -0.39 is 0 Å². The Morgan fingerprint density at radius 2 is 2.20 bits per heavy atom. The molecule has 5 heteroatoms. The molecule has 1 aromatic heterocycles. The van der Waals surface area contributed by atoms with Gasteiger partial charge in [0.15, 0.2) is 5.82 Å². The molecule has 0 unspecified atom stereocenters. The Hall–Kier alpha value is -1.23. The molecule has 0 aliphatic carbocycles. The minimum atomic E-state index is -0.268. The van der Waals surface area contributed by atoms with Gasteiger partial charge in [0.1, 0.15) is 11.6 Å². The highest BCUT2D eigenvalue weighted by Gasteiger charge is 2.09. The molecule has 0 spiro atoms. The van der Waals surface area contributed by atoms with Crippen molar-refractivity contribution in [1.82, 2.24) is 14.8 Å². The molecule has 2 aromatic rings. The van der Waals surface area contributed by atoms with E-state index in [2.05, 4.69) is 26.1 Å². The molecule has 2 rings (SSSR count). The van der Waals surface area contributed by atoms with Crippen molar-refractivity contribution in [2.24, 2.45) is 7.05 Å². The predicted molar refractivity (Wildman–Crippen MR) is 59.0 cm³/mol. The first-order chi connectivity index (χ1) is 7.22. The van der Waals surface area contributed by atoms with Gasteiger partial charge in [-0.25, -0.2) is 4.39 Å². The first kappa shape index (κ1) is 10.3. The highest BCUT2D eigenvalue weighted by atomic mass is 79.9. The van der Waals surface area contributed by atoms with E-state index in [-0.39, 0.29) is 5.82 Å². The summed E-state index contributed by atoms with van der Waals surface area (Å²) in [5.41, 5.74) is 0.734. The Morgan fingerprint density at radius 3 is 2.80 bits per heavy atom. The number of nitrogens with zero attached hydrogens (tertiary/aromatic N) is 3. The van der Waals surface area contributed by atoms with Gasteiger partial charge in [-0.15, -0.1) is 10.2 Å². The molecule has 0 N–H and O–H groups in total. The highest BCUT2D eigenvalue weighted by Crippen LogP contribution is 2.18. The molecule has 0 saturated heterocycles. The van der Waals surface area contributed by atoms with E-state index in [4.69, 9.17) is 0 Å². The SMILES string of the molecule is Cn1c(CBr)nnc1-c1cccc(F)c1. The number of benzene rings is 1. The molecular formula is C10H9BrFN3. The van der Waals surface area contributed by atoms with Crippen LogP contribution in [0.2, 0.25) is 0 Å². The van der Waals surface area contributed by atoms with Gasteiger partial charge in [-0.1, -0.05) is 28.1 Å². The summed E-state index contributed by atoms with van der Waals surface area (Å²) in [5.74, 6) is 1.22. The third-order valence-corrected chi connectivity index (χ3v) is 2.67. The maximum atomic E-state index is 13.0. The summed E-state index contributed by atoms with van der Waals surface area (Å²) in [4.78, 5) is 0. The van der Waals surface area contributed by atoms with Gasteiger partial charge in [0.05, 0.1) is 5.33 Å². The van der Waals surface area contributed by atoms with Crippen LogP contribution < -0.4 is 0 Å². The van der Waals surface area contributed by atoms with Crippen LogP contribution in [0, 0.1) is 5.82 Å². The fourth-order valence-electron chi connectivity index (χ4n) is 1.36. The average molecular weight is 270 g/mol. The van der Waals surface area contributed by atoms with Crippen molar-refractivity contribution in [1.29, 1.82) is 0 Å². The maximum Gasteiger partial charge on any atom is 0.163 e. The molecule has 0 saturated carbocycles. The number of rotatable bonds is 2. The lowest BCUT2D eigenvalue weighted by Crippen LogP contribution is -1.97. The Kier molecular flexibility index (Phi) is 2.81. The van der Waals surface area contributed by atoms with E-state index in [1.54, 1.807) is 6.07 Å². The lowest BCUT2D eigenvalue weighted by atomic mass is 10.2. The fraction of sp³-hybridized carbons (Fsp3) is 0.200. The summed E-state index contributed by atoms with van der Waals surface area (Å²) < 4.78 is 14.8. The first-order valence-electron chi connectivity index (χ1n) is 4.42. The lowest BCUT2D eigenvalue weighted by molar-refractivity contribution is 0.628. The van der Waals surface area contributed by atoms with Crippen molar-refractivity contribution < 1.29 is 4.39 Å². The molecule has 0 fully saturated rings. The van der Waals surface area contributed by atoms with Gasteiger partial charge >= 0.3 is 0 Å². The van der Waals surface area contributed by atoms with Crippen LogP contribution in [0.4, 0.5) is 4.39 Å². The van der Waals surface area contributed by atoms with Crippen LogP contribution in [0.25, 0.3) is 11.4 Å². The molecule has 0 aliphatic rings. The van der Waals surface area contributed by atoms with Crippen LogP contribution >= 0.6 is 15.9 Å². The first-order valence-corrected chi connectivity index (χ1v) is 5.54. The van der Waals surface area contributed by atoms with Crippen LogP contribution in [-0.2, 0) is 12.4 Å². The minimum absolute atomic E-state index is 0.268. The summed E-state index contributed by atoms with van der Waals surface area (Å²) in [7, 11) is 1.86. The van der Waals surface area contributed by atoms with E-state index >= 15 is 0 Å². The van der Waals surface area contributed by atoms with Crippen LogP contribution in [0.5, 0.6) is 0 Å². The van der Waals surface area contributed by atoms with Crippen LogP contribution in [-0.4, -0.2) is 14.8 Å². The molecular weight excluding hydrogens is 261 g/mol. The van der Waals surface area contributed by atoms with Gasteiger partial charge in [-0.05, 0) is 12.1 Å². The standard InChI is InChI=1S/C10H9BrFN3/c1-15-9(6-11)13-14-10(15)7-3-2-4-8(12)5-7/h2-5H,6H2,1H3. The Bertz CT molecular complexity index is 481. The maximum absolute atomic E-state index is 13.0. The number of alkyl halides is 1. The predicted octanol–water partition coefficient (Wildman–Crippen LogP) is 2.52. The molecule has 0 bridgehead atoms. The lowest BCUT2D eigenvalue weighted by Gasteiger charge is -2.01. The molecule has 0 atom stereocenters. The summed E-state index contributed by atoms with van der Waals surface area (Å²) in [6, 6.07) is 6.32. The second-order valence-electron chi connectivity index (χ2n) is 3.14. The highest BCUT2D eigenvalue weighted by molar-refractivity contribution is 9.08. The monoisotopic (exact) mass is 269 g/mol. The van der Waals surface area contributed by atoms with Crippen molar-refractivity contribution in [3.63, 3.8) is 0 Å². The van der Waals surface area contributed by atoms with E-state index in [0.29, 0.717) is 11.2 Å². The van der Waals surface area contributed by atoms with Gasteiger partial charge in [-0.2, -0.15) is 0 Å². The summed E-state index contributed by atoms with van der Waals surface area (Å²) in [6.07, 6.45) is 0. The van der Waals surface area contributed by atoms with Gasteiger partial charge in [0.25, 0.3) is 0 Å². The molecule has 1 aromatic carbocycles. The van der Waals surface area contributed by atoms with Gasteiger partial charge < -0.3 is 4.57 Å². The molecule has 1 heterocycles. The number of hydrogen-bond acceptors (Lipinski definition) is 2. The molecule has 78 valence electrons. The zero-order valence-corrected chi connectivity index (χ0v) is 9.70. The normalized spacial score (nSPS) is 10.6. The summed E-state index contributed by atoms with van der Waals surface area (Å²) >= 11 is 3.31. The van der Waals surface area contributed by atoms with Crippen molar-refractivity contribution in [2.45, 2.75) is 5.33 Å². The smallest absolute Gasteiger partial charge is 0.163 e. The fourth-order valence-corrected chi connectivity index (χ4v) is 1.85. The minimum Gasteiger partial charge on any atom is -0.313 e. The van der Waals surface area contributed by atoms with E-state index in [1.165, 1.54) is 12.1 Å². The van der Waals surface area contributed by atoms with Crippen LogP contribution in [0.3, 0.4) is 0 Å². The topological polar surface area (TPSA) is 30.7 Å². The molecule has 3 nitrogen and oxygen atoms in total.